The number of hydrogen-bond donors (Lipinski definition) is 1. The van der Waals surface area contributed by atoms with Crippen LogP contribution in [0.25, 0.3) is 0 Å². The summed E-state index contributed by atoms with van der Waals surface area (Å²) >= 11 is 7.36. The highest BCUT2D eigenvalue weighted by Gasteiger charge is 2.16. The maximum Gasteiger partial charge on any atom is 0.187 e. The van der Waals surface area contributed by atoms with Gasteiger partial charge in [-0.15, -0.1) is 0 Å². The van der Waals surface area contributed by atoms with Crippen LogP contribution < -0.4 is 4.90 Å². The van der Waals surface area contributed by atoms with Crippen LogP contribution in [0.15, 0.2) is 11.6 Å². The van der Waals surface area contributed by atoms with Gasteiger partial charge in [0.2, 0.25) is 0 Å². The molecule has 0 aromatic carbocycles. The van der Waals surface area contributed by atoms with E-state index >= 15 is 0 Å². The van der Waals surface area contributed by atoms with E-state index in [-0.39, 0.29) is 6.61 Å². The van der Waals surface area contributed by atoms with Gasteiger partial charge in [-0.3, -0.25) is 0 Å². The second kappa shape index (κ2) is 4.51. The molecule has 1 aliphatic rings. The predicted molar refractivity (Wildman–Crippen MR) is 63.6 cm³/mol. The first kappa shape index (κ1) is 10.9. The van der Waals surface area contributed by atoms with E-state index in [9.17, 15) is 0 Å². The van der Waals surface area contributed by atoms with Crippen LogP contribution in [0.2, 0.25) is 5.15 Å². The highest BCUT2D eigenvalue weighted by Crippen LogP contribution is 2.30. The summed E-state index contributed by atoms with van der Waals surface area (Å²) in [5.41, 5.74) is 1.43. The van der Waals surface area contributed by atoms with Crippen LogP contribution in [-0.4, -0.2) is 23.2 Å². The van der Waals surface area contributed by atoms with Gasteiger partial charge in [-0.05, 0) is 13.3 Å². The van der Waals surface area contributed by atoms with Crippen LogP contribution in [0.5, 0.6) is 0 Å². The summed E-state index contributed by atoms with van der Waals surface area (Å²) in [5, 5.41) is 10.4. The van der Waals surface area contributed by atoms with Crippen molar-refractivity contribution in [2.24, 2.45) is 0 Å². The van der Waals surface area contributed by atoms with Gasteiger partial charge in [-0.1, -0.05) is 34.6 Å². The van der Waals surface area contributed by atoms with Gasteiger partial charge < -0.3 is 10.0 Å². The fourth-order valence-corrected chi connectivity index (χ4v) is 2.65. The van der Waals surface area contributed by atoms with Crippen LogP contribution in [0.3, 0.4) is 0 Å². The Morgan fingerprint density at radius 1 is 1.67 bits per heavy atom. The fourth-order valence-electron chi connectivity index (χ4n) is 1.50. The molecule has 0 spiro atoms. The van der Waals surface area contributed by atoms with Crippen LogP contribution in [0.4, 0.5) is 5.13 Å². The Kier molecular flexibility index (Phi) is 3.29. The number of hydrogen-bond acceptors (Lipinski definition) is 4. The van der Waals surface area contributed by atoms with Crippen molar-refractivity contribution in [1.29, 1.82) is 0 Å². The van der Waals surface area contributed by atoms with Crippen molar-refractivity contribution in [3.8, 4) is 0 Å². The summed E-state index contributed by atoms with van der Waals surface area (Å²) in [4.78, 5) is 7.18. The zero-order valence-corrected chi connectivity index (χ0v) is 10.1. The Morgan fingerprint density at radius 3 is 3.00 bits per heavy atom. The summed E-state index contributed by atoms with van der Waals surface area (Å²) in [6, 6.07) is 0. The lowest BCUT2D eigenvalue weighted by atomic mass is 10.1. The molecule has 0 fully saturated rings. The minimum absolute atomic E-state index is 0.0286. The van der Waals surface area contributed by atoms with Gasteiger partial charge >= 0.3 is 0 Å². The molecule has 15 heavy (non-hydrogen) atoms. The SMILES string of the molecule is CC1=CCN(c2nc(Cl)c(CO)s2)CC1. The van der Waals surface area contributed by atoms with Crippen molar-refractivity contribution in [3.63, 3.8) is 0 Å². The quantitative estimate of drug-likeness (QED) is 0.812. The van der Waals surface area contributed by atoms with Crippen molar-refractivity contribution in [2.75, 3.05) is 18.0 Å². The Bertz CT molecular complexity index is 389. The van der Waals surface area contributed by atoms with Crippen molar-refractivity contribution < 1.29 is 5.11 Å². The zero-order chi connectivity index (χ0) is 10.8. The van der Waals surface area contributed by atoms with Gasteiger partial charge in [0, 0.05) is 13.1 Å². The largest absolute Gasteiger partial charge is 0.391 e. The number of aliphatic hydroxyl groups is 1. The van der Waals surface area contributed by atoms with E-state index in [1.165, 1.54) is 16.9 Å². The van der Waals surface area contributed by atoms with E-state index in [0.717, 1.165) is 29.5 Å². The Hall–Kier alpha value is -0.580. The summed E-state index contributed by atoms with van der Waals surface area (Å²) in [5.74, 6) is 0. The third kappa shape index (κ3) is 2.33. The molecule has 0 radical (unpaired) electrons. The minimum Gasteiger partial charge on any atom is -0.391 e. The Labute approximate surface area is 98.0 Å². The lowest BCUT2D eigenvalue weighted by Gasteiger charge is -2.24. The molecule has 3 nitrogen and oxygen atoms in total. The second-order valence-electron chi connectivity index (χ2n) is 3.62. The number of aliphatic hydroxyl groups excluding tert-OH is 1. The third-order valence-electron chi connectivity index (χ3n) is 2.49. The smallest absolute Gasteiger partial charge is 0.187 e. The molecule has 0 amide bonds. The van der Waals surface area contributed by atoms with E-state index in [0.29, 0.717) is 5.15 Å². The first-order valence-electron chi connectivity index (χ1n) is 4.87. The summed E-state index contributed by atoms with van der Waals surface area (Å²) < 4.78 is 0. The van der Waals surface area contributed by atoms with E-state index < -0.39 is 0 Å². The molecular weight excluding hydrogens is 232 g/mol. The molecule has 0 bridgehead atoms. The standard InChI is InChI=1S/C10H13ClN2OS/c1-7-2-4-13(5-3-7)10-12-9(11)8(6-14)15-10/h2,14H,3-6H2,1H3. The topological polar surface area (TPSA) is 36.4 Å². The molecule has 0 unspecified atom stereocenters. The number of thiazole rings is 1. The van der Waals surface area contributed by atoms with Crippen LogP contribution in [0.1, 0.15) is 18.2 Å². The molecule has 5 heteroatoms. The number of nitrogens with zero attached hydrogens (tertiary/aromatic N) is 2. The van der Waals surface area contributed by atoms with Gasteiger partial charge in [0.25, 0.3) is 0 Å². The summed E-state index contributed by atoms with van der Waals surface area (Å²) in [6.07, 6.45) is 3.28. The molecule has 1 aliphatic heterocycles. The summed E-state index contributed by atoms with van der Waals surface area (Å²) in [7, 11) is 0. The third-order valence-corrected chi connectivity index (χ3v) is 4.01. The molecular formula is C10H13ClN2OS. The van der Waals surface area contributed by atoms with Crippen molar-refractivity contribution in [1.82, 2.24) is 4.98 Å². The normalized spacial score (nSPS) is 16.7. The van der Waals surface area contributed by atoms with Gasteiger partial charge in [-0.2, -0.15) is 0 Å². The highest BCUT2D eigenvalue weighted by molar-refractivity contribution is 7.16. The van der Waals surface area contributed by atoms with Gasteiger partial charge in [0.05, 0.1) is 11.5 Å². The Balaban J connectivity index is 2.16. The maximum atomic E-state index is 9.03. The van der Waals surface area contributed by atoms with Gasteiger partial charge in [-0.25, -0.2) is 4.98 Å². The van der Waals surface area contributed by atoms with Gasteiger partial charge in [0.1, 0.15) is 5.15 Å². The van der Waals surface area contributed by atoms with E-state index in [1.807, 2.05) is 0 Å². The molecule has 2 heterocycles. The average Bonchev–Trinajstić information content (AvgIpc) is 2.61. The number of halogens is 1. The lowest BCUT2D eigenvalue weighted by Crippen LogP contribution is -2.27. The molecule has 82 valence electrons. The molecule has 2 rings (SSSR count). The monoisotopic (exact) mass is 244 g/mol. The molecule has 1 aromatic heterocycles. The van der Waals surface area contributed by atoms with Gasteiger partial charge in [0.15, 0.2) is 5.13 Å². The molecule has 1 aromatic rings. The Morgan fingerprint density at radius 2 is 2.47 bits per heavy atom. The van der Waals surface area contributed by atoms with Crippen LogP contribution >= 0.6 is 22.9 Å². The summed E-state index contributed by atoms with van der Waals surface area (Å²) in [6.45, 7) is 3.99. The average molecular weight is 245 g/mol. The molecule has 0 aliphatic carbocycles. The molecule has 0 saturated heterocycles. The molecule has 0 atom stereocenters. The molecule has 1 N–H and O–H groups in total. The molecule has 0 saturated carbocycles. The number of rotatable bonds is 2. The van der Waals surface area contributed by atoms with Crippen LogP contribution in [0, 0.1) is 0 Å². The first-order chi connectivity index (χ1) is 7.20. The maximum absolute atomic E-state index is 9.03. The number of aromatic nitrogens is 1. The van der Waals surface area contributed by atoms with Crippen molar-refractivity contribution in [2.45, 2.75) is 20.0 Å². The lowest BCUT2D eigenvalue weighted by molar-refractivity contribution is 0.285. The second-order valence-corrected chi connectivity index (χ2v) is 5.04. The van der Waals surface area contributed by atoms with E-state index in [4.69, 9.17) is 16.7 Å². The van der Waals surface area contributed by atoms with E-state index in [2.05, 4.69) is 22.9 Å². The van der Waals surface area contributed by atoms with Crippen LogP contribution in [-0.2, 0) is 6.61 Å². The first-order valence-corrected chi connectivity index (χ1v) is 6.07. The van der Waals surface area contributed by atoms with Crippen molar-refractivity contribution >= 4 is 28.1 Å². The minimum atomic E-state index is -0.0286. The fraction of sp³-hybridized carbons (Fsp3) is 0.500. The van der Waals surface area contributed by atoms with E-state index in [1.54, 1.807) is 0 Å². The predicted octanol–water partition coefficient (Wildman–Crippen LogP) is 2.45. The van der Waals surface area contributed by atoms with Crippen molar-refractivity contribution in [3.05, 3.63) is 21.7 Å². The number of anilines is 1. The highest BCUT2D eigenvalue weighted by atomic mass is 35.5. The zero-order valence-electron chi connectivity index (χ0n) is 8.53.